The van der Waals surface area contributed by atoms with Crippen LogP contribution in [0, 0.1) is 0 Å². The van der Waals surface area contributed by atoms with E-state index in [0.29, 0.717) is 9.65 Å². The van der Waals surface area contributed by atoms with Crippen molar-refractivity contribution in [3.8, 4) is 0 Å². The Morgan fingerprint density at radius 2 is 1.11 bits per heavy atom. The third-order valence-corrected chi connectivity index (χ3v) is 12.7. The molecule has 0 spiro atoms. The normalized spacial score (nSPS) is 34.3. The van der Waals surface area contributed by atoms with Gasteiger partial charge in [-0.15, -0.1) is 0 Å². The van der Waals surface area contributed by atoms with Gasteiger partial charge in [0.05, 0.1) is 0 Å². The van der Waals surface area contributed by atoms with Crippen molar-refractivity contribution in [2.45, 2.75) is 67.5 Å². The first-order chi connectivity index (χ1) is 8.26. The van der Waals surface area contributed by atoms with Gasteiger partial charge in [-0.3, -0.25) is 0 Å². The zero-order chi connectivity index (χ0) is 13.8. The Kier molecular flexibility index (Phi) is 8.93. The predicted molar refractivity (Wildman–Crippen MR) is 104 cm³/mol. The van der Waals surface area contributed by atoms with Crippen molar-refractivity contribution in [3.05, 3.63) is 0 Å². The number of halogens is 6. The molecule has 1 saturated carbocycles. The van der Waals surface area contributed by atoms with E-state index >= 15 is 0 Å². The van der Waals surface area contributed by atoms with Crippen LogP contribution in [0.4, 0.5) is 0 Å². The molecule has 0 heterocycles. The molecule has 0 nitrogen and oxygen atoms in total. The summed E-state index contributed by atoms with van der Waals surface area (Å²) in [5, 5.41) is 0. The second-order valence-corrected chi connectivity index (χ2v) is 14.8. The molecule has 2 atom stereocenters. The molecule has 0 N–H and O–H groups in total. The van der Waals surface area contributed by atoms with Crippen molar-refractivity contribution in [3.63, 3.8) is 0 Å². The maximum absolute atomic E-state index is 3.84. The number of hydrogen-bond donors (Lipinski definition) is 0. The molecule has 0 aliphatic heterocycles. The molecule has 108 valence electrons. The first-order valence-corrected chi connectivity index (χ1v) is 11.3. The average molecular weight is 642 g/mol. The second-order valence-electron chi connectivity index (χ2n) is 4.93. The fraction of sp³-hybridized carbons (Fsp3) is 1.00. The number of hydrogen-bond acceptors (Lipinski definition) is 0. The highest BCUT2D eigenvalue weighted by Crippen LogP contribution is 2.54. The summed E-state index contributed by atoms with van der Waals surface area (Å²) >= 11 is 23.0. The Morgan fingerprint density at radius 3 is 1.78 bits per heavy atom. The Bertz CT molecular complexity index is 253. The highest BCUT2D eigenvalue weighted by atomic mass is 79.9. The first-order valence-electron chi connectivity index (χ1n) is 6.30. The standard InChI is InChI=1S/C12H18Br6/c13-9-5-3-1-2-4-7-11(15,16)12(17,18)8-6-10(9)14/h9-10H,1-8H2. The van der Waals surface area contributed by atoms with Gasteiger partial charge in [-0.05, 0) is 25.7 Å². The lowest BCUT2D eigenvalue weighted by atomic mass is 10.0. The molecule has 0 bridgehead atoms. The summed E-state index contributed by atoms with van der Waals surface area (Å²) in [5.74, 6) is 0. The van der Waals surface area contributed by atoms with Crippen LogP contribution in [0.15, 0.2) is 0 Å². The minimum Gasteiger partial charge on any atom is -0.0879 e. The number of alkyl halides is 6. The molecule has 1 aliphatic carbocycles. The zero-order valence-corrected chi connectivity index (χ0v) is 19.6. The first kappa shape index (κ1) is 18.9. The summed E-state index contributed by atoms with van der Waals surface area (Å²) in [6.07, 6.45) is 9.78. The van der Waals surface area contributed by atoms with E-state index in [1.165, 1.54) is 32.1 Å². The molecule has 2 unspecified atom stereocenters. The molecule has 0 amide bonds. The lowest BCUT2D eigenvalue weighted by Gasteiger charge is -2.36. The highest BCUT2D eigenvalue weighted by molar-refractivity contribution is 9.30. The molecule has 0 saturated heterocycles. The van der Waals surface area contributed by atoms with E-state index in [2.05, 4.69) is 95.6 Å². The van der Waals surface area contributed by atoms with Crippen molar-refractivity contribution < 1.29 is 0 Å². The van der Waals surface area contributed by atoms with E-state index in [-0.39, 0.29) is 6.47 Å². The molecule has 6 heteroatoms. The van der Waals surface area contributed by atoms with Crippen molar-refractivity contribution in [1.29, 1.82) is 0 Å². The molecule has 1 fully saturated rings. The molecular formula is C12H18Br6. The molecule has 0 radical (unpaired) electrons. The van der Waals surface area contributed by atoms with Crippen LogP contribution in [-0.2, 0) is 0 Å². The lowest BCUT2D eigenvalue weighted by Crippen LogP contribution is -2.35. The summed E-state index contributed by atoms with van der Waals surface area (Å²) in [6.45, 7) is 0. The van der Waals surface area contributed by atoms with Gasteiger partial charge in [-0.2, -0.15) is 0 Å². The Hall–Kier alpha value is 2.88. The Balaban J connectivity index is 2.69. The van der Waals surface area contributed by atoms with Gasteiger partial charge < -0.3 is 0 Å². The highest BCUT2D eigenvalue weighted by Gasteiger charge is 2.44. The van der Waals surface area contributed by atoms with Gasteiger partial charge in [0.25, 0.3) is 0 Å². The molecule has 1 aliphatic rings. The second kappa shape index (κ2) is 8.50. The smallest absolute Gasteiger partial charge is 0.0879 e. The third-order valence-electron chi connectivity index (χ3n) is 3.38. The fourth-order valence-corrected chi connectivity index (χ4v) is 4.98. The van der Waals surface area contributed by atoms with E-state index in [1.54, 1.807) is 0 Å². The quantitative estimate of drug-likeness (QED) is 0.239. The van der Waals surface area contributed by atoms with Gasteiger partial charge in [-0.1, -0.05) is 121 Å². The van der Waals surface area contributed by atoms with E-state index in [9.17, 15) is 0 Å². The number of rotatable bonds is 0. The van der Waals surface area contributed by atoms with Gasteiger partial charge >= 0.3 is 0 Å². The molecular weight excluding hydrogens is 624 g/mol. The topological polar surface area (TPSA) is 0 Å². The van der Waals surface area contributed by atoms with Crippen LogP contribution in [0.1, 0.15) is 51.4 Å². The van der Waals surface area contributed by atoms with E-state index in [4.69, 9.17) is 0 Å². The molecule has 0 aromatic heterocycles. The average Bonchev–Trinajstić information content (AvgIpc) is 2.28. The fourth-order valence-electron chi connectivity index (χ4n) is 2.09. The minimum atomic E-state index is -0.106. The van der Waals surface area contributed by atoms with Crippen LogP contribution in [-0.4, -0.2) is 16.1 Å². The summed E-state index contributed by atoms with van der Waals surface area (Å²) in [7, 11) is 0. The molecule has 1 rings (SSSR count). The maximum atomic E-state index is 3.84. The van der Waals surface area contributed by atoms with Gasteiger partial charge in [0.2, 0.25) is 0 Å². The SMILES string of the molecule is BrC1CCCCCCC(Br)(Br)C(Br)(Br)CCC1Br. The van der Waals surface area contributed by atoms with Crippen LogP contribution in [0.25, 0.3) is 0 Å². The van der Waals surface area contributed by atoms with Crippen molar-refractivity contribution in [1.82, 2.24) is 0 Å². The maximum Gasteiger partial charge on any atom is 0.105 e. The molecule has 0 aromatic carbocycles. The van der Waals surface area contributed by atoms with Crippen LogP contribution < -0.4 is 0 Å². The summed E-state index contributed by atoms with van der Waals surface area (Å²) in [6, 6.07) is 0. The Morgan fingerprint density at radius 1 is 0.611 bits per heavy atom. The van der Waals surface area contributed by atoms with Gasteiger partial charge in [-0.25, -0.2) is 0 Å². The van der Waals surface area contributed by atoms with Crippen LogP contribution in [0.5, 0.6) is 0 Å². The van der Waals surface area contributed by atoms with Crippen LogP contribution in [0.3, 0.4) is 0 Å². The lowest BCUT2D eigenvalue weighted by molar-refractivity contribution is 0.518. The van der Waals surface area contributed by atoms with E-state index in [0.717, 1.165) is 19.3 Å². The Labute approximate surface area is 161 Å². The van der Waals surface area contributed by atoms with Crippen LogP contribution in [0.2, 0.25) is 0 Å². The van der Waals surface area contributed by atoms with E-state index in [1.807, 2.05) is 0 Å². The van der Waals surface area contributed by atoms with Crippen molar-refractivity contribution in [2.24, 2.45) is 0 Å². The minimum absolute atomic E-state index is 0.0826. The summed E-state index contributed by atoms with van der Waals surface area (Å²) in [4.78, 5) is 1.11. The van der Waals surface area contributed by atoms with Crippen molar-refractivity contribution in [2.75, 3.05) is 0 Å². The van der Waals surface area contributed by atoms with Gasteiger partial charge in [0, 0.05) is 9.65 Å². The monoisotopic (exact) mass is 636 g/mol. The third kappa shape index (κ3) is 5.94. The zero-order valence-electron chi connectivity index (χ0n) is 10.1. The predicted octanol–water partition coefficient (Wildman–Crippen LogP) is 7.62. The molecule has 18 heavy (non-hydrogen) atoms. The summed E-state index contributed by atoms with van der Waals surface area (Å²) in [5.41, 5.74) is 0. The van der Waals surface area contributed by atoms with Gasteiger partial charge in [0.15, 0.2) is 0 Å². The van der Waals surface area contributed by atoms with Crippen LogP contribution >= 0.6 is 95.6 Å². The largest absolute Gasteiger partial charge is 0.105 e. The summed E-state index contributed by atoms with van der Waals surface area (Å²) < 4.78 is -0.189. The van der Waals surface area contributed by atoms with Gasteiger partial charge in [0.1, 0.15) is 6.47 Å². The van der Waals surface area contributed by atoms with Crippen molar-refractivity contribution >= 4 is 95.6 Å². The molecule has 0 aromatic rings. The van der Waals surface area contributed by atoms with E-state index < -0.39 is 0 Å².